The van der Waals surface area contributed by atoms with Crippen LogP contribution in [0.15, 0.2) is 18.2 Å². The molecule has 6 nitrogen and oxygen atoms in total. The Morgan fingerprint density at radius 2 is 1.74 bits per heavy atom. The molecule has 1 aromatic carbocycles. The smallest absolute Gasteiger partial charge is 0.233 e. The molecule has 5 rings (SSSR count). The third-order valence-electron chi connectivity index (χ3n) is 9.93. The lowest BCUT2D eigenvalue weighted by Crippen LogP contribution is -2.59. The van der Waals surface area contributed by atoms with Gasteiger partial charge in [0, 0.05) is 26.1 Å². The average Bonchev–Trinajstić information content (AvgIpc) is 2.91. The fourth-order valence-corrected chi connectivity index (χ4v) is 7.79. The molecule has 1 saturated carbocycles. The molecule has 38 heavy (non-hydrogen) atoms. The minimum absolute atomic E-state index is 0.0572. The Hall–Kier alpha value is -2.08. The van der Waals surface area contributed by atoms with E-state index in [1.807, 2.05) is 4.90 Å². The number of benzene rings is 1. The molecular weight excluding hydrogens is 474 g/mol. The van der Waals surface area contributed by atoms with Gasteiger partial charge in [0.1, 0.15) is 5.75 Å². The van der Waals surface area contributed by atoms with Crippen LogP contribution in [0.25, 0.3) is 0 Å². The quantitative estimate of drug-likeness (QED) is 0.516. The number of nitrogens with one attached hydrogen (secondary N) is 1. The molecule has 210 valence electrons. The lowest BCUT2D eigenvalue weighted by atomic mass is 9.63. The molecule has 1 aromatic rings. The normalized spacial score (nSPS) is 27.8. The van der Waals surface area contributed by atoms with Gasteiger partial charge in [-0.15, -0.1) is 0 Å². The van der Waals surface area contributed by atoms with E-state index >= 15 is 0 Å². The van der Waals surface area contributed by atoms with Gasteiger partial charge < -0.3 is 19.9 Å². The highest BCUT2D eigenvalue weighted by Gasteiger charge is 2.52. The van der Waals surface area contributed by atoms with Crippen LogP contribution in [0.4, 0.5) is 0 Å². The highest BCUT2D eigenvalue weighted by Crippen LogP contribution is 2.52. The largest absolute Gasteiger partial charge is 0.491 e. The first-order valence-electron chi connectivity index (χ1n) is 15.4. The number of ether oxygens (including phenoxy) is 1. The van der Waals surface area contributed by atoms with Crippen molar-refractivity contribution >= 4 is 11.8 Å². The summed E-state index contributed by atoms with van der Waals surface area (Å²) in [5.41, 5.74) is 2.07. The maximum Gasteiger partial charge on any atom is 0.233 e. The predicted molar refractivity (Wildman–Crippen MR) is 151 cm³/mol. The lowest BCUT2D eigenvalue weighted by molar-refractivity contribution is -0.147. The molecule has 3 heterocycles. The van der Waals surface area contributed by atoms with Crippen LogP contribution in [0.2, 0.25) is 0 Å². The molecular formula is C32H49N3O3. The zero-order valence-corrected chi connectivity index (χ0v) is 24.1. The maximum absolute atomic E-state index is 14.7. The van der Waals surface area contributed by atoms with Gasteiger partial charge in [-0.3, -0.25) is 9.59 Å². The van der Waals surface area contributed by atoms with Gasteiger partial charge in [0.25, 0.3) is 0 Å². The first-order chi connectivity index (χ1) is 18.3. The number of rotatable bonds is 7. The van der Waals surface area contributed by atoms with Crippen molar-refractivity contribution in [3.05, 3.63) is 29.3 Å². The molecule has 1 unspecified atom stereocenters. The third-order valence-corrected chi connectivity index (χ3v) is 9.93. The molecule has 1 aliphatic carbocycles. The third kappa shape index (κ3) is 5.35. The van der Waals surface area contributed by atoms with Gasteiger partial charge in [0.2, 0.25) is 11.8 Å². The molecule has 2 amide bonds. The SMILES string of the molecule is CC(C)Oc1ccc2c(c1)C(C1CCC(C(C)C)CC1)N(CCN1CCCCC1=O)C(=O)C21CCNCC1. The van der Waals surface area contributed by atoms with E-state index in [0.29, 0.717) is 37.3 Å². The van der Waals surface area contributed by atoms with E-state index in [2.05, 4.69) is 56.1 Å². The van der Waals surface area contributed by atoms with E-state index in [9.17, 15) is 9.59 Å². The number of fused-ring (bicyclic) bond motifs is 2. The summed E-state index contributed by atoms with van der Waals surface area (Å²) in [6, 6.07) is 6.63. The predicted octanol–water partition coefficient (Wildman–Crippen LogP) is 5.45. The Labute approximate surface area is 229 Å². The summed E-state index contributed by atoms with van der Waals surface area (Å²) in [4.78, 5) is 31.6. The summed E-state index contributed by atoms with van der Waals surface area (Å²) in [6.07, 6.45) is 9.24. The summed E-state index contributed by atoms with van der Waals surface area (Å²) in [5.74, 6) is 3.38. The molecule has 0 bridgehead atoms. The molecule has 0 aromatic heterocycles. The summed E-state index contributed by atoms with van der Waals surface area (Å²) in [7, 11) is 0. The molecule has 1 atom stereocenters. The van der Waals surface area contributed by atoms with Crippen molar-refractivity contribution < 1.29 is 14.3 Å². The van der Waals surface area contributed by atoms with Gasteiger partial charge in [0.15, 0.2) is 0 Å². The minimum Gasteiger partial charge on any atom is -0.491 e. The fourth-order valence-electron chi connectivity index (χ4n) is 7.79. The number of hydrogen-bond donors (Lipinski definition) is 1. The second-order valence-electron chi connectivity index (χ2n) is 12.9. The van der Waals surface area contributed by atoms with E-state index in [1.54, 1.807) is 0 Å². The van der Waals surface area contributed by atoms with Crippen LogP contribution in [-0.2, 0) is 15.0 Å². The van der Waals surface area contributed by atoms with Crippen LogP contribution < -0.4 is 10.1 Å². The molecule has 2 saturated heterocycles. The van der Waals surface area contributed by atoms with Crippen LogP contribution in [-0.4, -0.2) is 60.4 Å². The van der Waals surface area contributed by atoms with E-state index in [4.69, 9.17) is 4.74 Å². The van der Waals surface area contributed by atoms with Crippen molar-refractivity contribution in [1.82, 2.24) is 15.1 Å². The number of carbonyl (C=O) groups excluding carboxylic acids is 2. The molecule has 4 aliphatic rings. The number of hydrogen-bond acceptors (Lipinski definition) is 4. The van der Waals surface area contributed by atoms with Crippen molar-refractivity contribution in [3.8, 4) is 5.75 Å². The summed E-state index contributed by atoms with van der Waals surface area (Å²) < 4.78 is 6.20. The number of piperidine rings is 2. The summed E-state index contributed by atoms with van der Waals surface area (Å²) in [5, 5.41) is 3.49. The minimum atomic E-state index is -0.478. The van der Waals surface area contributed by atoms with E-state index in [-0.39, 0.29) is 18.1 Å². The first kappa shape index (κ1) is 27.5. The number of amides is 2. The van der Waals surface area contributed by atoms with Crippen molar-refractivity contribution in [3.63, 3.8) is 0 Å². The molecule has 1 N–H and O–H groups in total. The molecule has 6 heteroatoms. The van der Waals surface area contributed by atoms with Crippen LogP contribution >= 0.6 is 0 Å². The Balaban J connectivity index is 1.54. The van der Waals surface area contributed by atoms with E-state index < -0.39 is 5.41 Å². The summed E-state index contributed by atoms with van der Waals surface area (Å²) in [6.45, 7) is 12.7. The van der Waals surface area contributed by atoms with Gasteiger partial charge >= 0.3 is 0 Å². The van der Waals surface area contributed by atoms with Gasteiger partial charge in [-0.1, -0.05) is 19.9 Å². The van der Waals surface area contributed by atoms with Crippen molar-refractivity contribution in [1.29, 1.82) is 0 Å². The average molecular weight is 524 g/mol. The van der Waals surface area contributed by atoms with Crippen molar-refractivity contribution in [2.24, 2.45) is 17.8 Å². The van der Waals surface area contributed by atoms with Gasteiger partial charge in [-0.2, -0.15) is 0 Å². The van der Waals surface area contributed by atoms with Gasteiger partial charge in [0.05, 0.1) is 17.6 Å². The first-order valence-corrected chi connectivity index (χ1v) is 15.4. The molecule has 1 spiro atoms. The zero-order chi connectivity index (χ0) is 26.9. The Morgan fingerprint density at radius 3 is 2.39 bits per heavy atom. The highest BCUT2D eigenvalue weighted by molar-refractivity contribution is 5.91. The Bertz CT molecular complexity index is 992. The van der Waals surface area contributed by atoms with Crippen LogP contribution in [0.3, 0.4) is 0 Å². The monoisotopic (exact) mass is 523 g/mol. The number of nitrogens with zero attached hydrogens (tertiary/aromatic N) is 2. The molecule has 3 fully saturated rings. The van der Waals surface area contributed by atoms with Gasteiger partial charge in [-0.25, -0.2) is 0 Å². The van der Waals surface area contributed by atoms with Crippen molar-refractivity contribution in [2.75, 3.05) is 32.7 Å². The summed E-state index contributed by atoms with van der Waals surface area (Å²) >= 11 is 0. The maximum atomic E-state index is 14.7. The van der Waals surface area contributed by atoms with Crippen LogP contribution in [0.5, 0.6) is 5.75 Å². The molecule has 3 aliphatic heterocycles. The van der Waals surface area contributed by atoms with Crippen LogP contribution in [0.1, 0.15) is 103 Å². The second kappa shape index (κ2) is 11.6. The van der Waals surface area contributed by atoms with Gasteiger partial charge in [-0.05, 0) is 119 Å². The van der Waals surface area contributed by atoms with Crippen LogP contribution in [0, 0.1) is 17.8 Å². The Morgan fingerprint density at radius 1 is 1.00 bits per heavy atom. The second-order valence-corrected chi connectivity index (χ2v) is 12.9. The Kier molecular flexibility index (Phi) is 8.37. The zero-order valence-electron chi connectivity index (χ0n) is 24.1. The number of carbonyl (C=O) groups is 2. The highest BCUT2D eigenvalue weighted by atomic mass is 16.5. The van der Waals surface area contributed by atoms with E-state index in [0.717, 1.165) is 69.8 Å². The topological polar surface area (TPSA) is 61.9 Å². The standard InChI is InChI=1S/C32H49N3O3/c1-22(2)24-8-10-25(11-9-24)30-27-21-26(38-23(3)4)12-13-28(27)32(14-16-33-17-15-32)31(37)35(30)20-19-34-18-6-5-7-29(34)36/h12-13,21-25,30,33H,5-11,14-20H2,1-4H3. The lowest BCUT2D eigenvalue weighted by Gasteiger charge is -2.52. The number of likely N-dealkylation sites (tertiary alicyclic amines) is 1. The van der Waals surface area contributed by atoms with E-state index in [1.165, 1.54) is 24.0 Å². The fraction of sp³-hybridized carbons (Fsp3) is 0.750. The van der Waals surface area contributed by atoms with Crippen molar-refractivity contribution in [2.45, 2.75) is 103 Å². The molecule has 0 radical (unpaired) electrons.